The van der Waals surface area contributed by atoms with Crippen molar-refractivity contribution in [3.8, 4) is 0 Å². The number of nitrogens with one attached hydrogen (secondary N) is 2. The fraction of sp³-hybridized carbons (Fsp3) is 0.333. The van der Waals surface area contributed by atoms with Crippen LogP contribution in [0.1, 0.15) is 23.6 Å². The number of hydrogen-bond donors (Lipinski definition) is 2. The summed E-state index contributed by atoms with van der Waals surface area (Å²) in [6, 6.07) is 13.0. The summed E-state index contributed by atoms with van der Waals surface area (Å²) >= 11 is 6.18. The second kappa shape index (κ2) is 9.53. The van der Waals surface area contributed by atoms with Gasteiger partial charge in [0.1, 0.15) is 0 Å². The lowest BCUT2D eigenvalue weighted by molar-refractivity contribution is -0.127. The zero-order valence-corrected chi connectivity index (χ0v) is 16.9. The molecule has 1 atom stereocenters. The highest BCUT2D eigenvalue weighted by Gasteiger charge is 2.19. The molecule has 0 heterocycles. The van der Waals surface area contributed by atoms with Crippen LogP contribution in [0.2, 0.25) is 5.02 Å². The van der Waals surface area contributed by atoms with E-state index in [1.165, 1.54) is 0 Å². The predicted octanol–water partition coefficient (Wildman–Crippen LogP) is 3.53. The molecule has 27 heavy (non-hydrogen) atoms. The van der Waals surface area contributed by atoms with E-state index in [0.717, 1.165) is 22.4 Å². The molecular weight excluding hydrogens is 362 g/mol. The predicted molar refractivity (Wildman–Crippen MR) is 110 cm³/mol. The van der Waals surface area contributed by atoms with Crippen LogP contribution in [0.25, 0.3) is 0 Å². The highest BCUT2D eigenvalue weighted by atomic mass is 35.5. The molecule has 0 radical (unpaired) electrons. The number of nitrogens with zero attached hydrogens (tertiary/aromatic N) is 1. The molecule has 2 aromatic carbocycles. The molecule has 0 spiro atoms. The third kappa shape index (κ3) is 5.81. The zero-order valence-electron chi connectivity index (χ0n) is 16.2. The highest BCUT2D eigenvalue weighted by Crippen LogP contribution is 2.19. The van der Waals surface area contributed by atoms with E-state index < -0.39 is 6.04 Å². The molecule has 5 nitrogen and oxygen atoms in total. The maximum absolute atomic E-state index is 12.4. The molecule has 0 aliphatic carbocycles. The van der Waals surface area contributed by atoms with Gasteiger partial charge in [-0.25, -0.2) is 0 Å². The molecule has 2 rings (SSSR count). The van der Waals surface area contributed by atoms with Gasteiger partial charge in [0.2, 0.25) is 11.8 Å². The molecule has 0 saturated heterocycles. The second-order valence-electron chi connectivity index (χ2n) is 6.72. The van der Waals surface area contributed by atoms with Crippen LogP contribution in [0.3, 0.4) is 0 Å². The van der Waals surface area contributed by atoms with E-state index in [1.54, 1.807) is 6.92 Å². The van der Waals surface area contributed by atoms with Crippen LogP contribution in [0, 0.1) is 13.8 Å². The van der Waals surface area contributed by atoms with Gasteiger partial charge in [0, 0.05) is 17.3 Å². The summed E-state index contributed by atoms with van der Waals surface area (Å²) in [5.74, 6) is -0.456. The average Bonchev–Trinajstić information content (AvgIpc) is 2.64. The number of carbonyl (C=O) groups is 2. The van der Waals surface area contributed by atoms with Crippen LogP contribution in [0.15, 0.2) is 42.5 Å². The highest BCUT2D eigenvalue weighted by molar-refractivity contribution is 6.31. The zero-order chi connectivity index (χ0) is 20.0. The quantitative estimate of drug-likeness (QED) is 0.764. The van der Waals surface area contributed by atoms with Crippen LogP contribution < -0.4 is 10.6 Å². The van der Waals surface area contributed by atoms with Crippen molar-refractivity contribution in [1.29, 1.82) is 0 Å². The number of benzene rings is 2. The summed E-state index contributed by atoms with van der Waals surface area (Å²) in [7, 11) is 1.85. The lowest BCUT2D eigenvalue weighted by Crippen LogP contribution is -2.45. The summed E-state index contributed by atoms with van der Waals surface area (Å²) in [5, 5.41) is 6.23. The van der Waals surface area contributed by atoms with Crippen LogP contribution in [0.5, 0.6) is 0 Å². The van der Waals surface area contributed by atoms with Gasteiger partial charge in [-0.1, -0.05) is 48.0 Å². The Morgan fingerprint density at radius 2 is 1.70 bits per heavy atom. The first-order chi connectivity index (χ1) is 12.8. The summed E-state index contributed by atoms with van der Waals surface area (Å²) in [6.07, 6.45) is 0. The SMILES string of the molecule is Cc1cccc(C)c1NC(=O)CNC(=O)[C@H](C)N(C)Cc1ccccc1Cl. The van der Waals surface area contributed by atoms with Gasteiger partial charge in [-0.3, -0.25) is 14.5 Å². The maximum atomic E-state index is 12.4. The van der Waals surface area contributed by atoms with Crippen LogP contribution >= 0.6 is 11.6 Å². The number of hydrogen-bond acceptors (Lipinski definition) is 3. The molecule has 2 N–H and O–H groups in total. The number of para-hydroxylation sites is 1. The first-order valence-electron chi connectivity index (χ1n) is 8.87. The van der Waals surface area contributed by atoms with Gasteiger partial charge in [-0.05, 0) is 50.6 Å². The van der Waals surface area contributed by atoms with Gasteiger partial charge >= 0.3 is 0 Å². The normalized spacial score (nSPS) is 11.9. The van der Waals surface area contributed by atoms with Crippen molar-refractivity contribution in [2.24, 2.45) is 0 Å². The lowest BCUT2D eigenvalue weighted by Gasteiger charge is -2.24. The molecule has 2 aromatic rings. The molecule has 0 aromatic heterocycles. The van der Waals surface area contributed by atoms with E-state index in [4.69, 9.17) is 11.6 Å². The van der Waals surface area contributed by atoms with Gasteiger partial charge in [0.15, 0.2) is 0 Å². The number of amides is 2. The van der Waals surface area contributed by atoms with Gasteiger partial charge in [0.05, 0.1) is 12.6 Å². The van der Waals surface area contributed by atoms with Gasteiger partial charge in [0.25, 0.3) is 0 Å². The van der Waals surface area contributed by atoms with E-state index in [0.29, 0.717) is 11.6 Å². The van der Waals surface area contributed by atoms with E-state index in [-0.39, 0.29) is 18.4 Å². The van der Waals surface area contributed by atoms with Crippen molar-refractivity contribution in [3.63, 3.8) is 0 Å². The van der Waals surface area contributed by atoms with Crippen molar-refractivity contribution >= 4 is 29.1 Å². The van der Waals surface area contributed by atoms with Crippen molar-refractivity contribution in [2.75, 3.05) is 18.9 Å². The molecule has 144 valence electrons. The fourth-order valence-electron chi connectivity index (χ4n) is 2.74. The Bertz CT molecular complexity index is 803. The molecule has 6 heteroatoms. The van der Waals surface area contributed by atoms with Crippen molar-refractivity contribution < 1.29 is 9.59 Å². The Labute approximate surface area is 165 Å². The summed E-state index contributed by atoms with van der Waals surface area (Å²) in [4.78, 5) is 26.5. The number of anilines is 1. The fourth-order valence-corrected chi connectivity index (χ4v) is 2.94. The van der Waals surface area contributed by atoms with Gasteiger partial charge in [-0.2, -0.15) is 0 Å². The summed E-state index contributed by atoms with van der Waals surface area (Å²) in [6.45, 7) is 6.15. The first-order valence-corrected chi connectivity index (χ1v) is 9.24. The number of likely N-dealkylation sites (N-methyl/N-ethyl adjacent to an activating group) is 1. The van der Waals surface area contributed by atoms with Crippen LogP contribution in [-0.2, 0) is 16.1 Å². The topological polar surface area (TPSA) is 61.4 Å². The molecule has 0 aliphatic heterocycles. The van der Waals surface area contributed by atoms with Gasteiger partial charge < -0.3 is 10.6 Å². The lowest BCUT2D eigenvalue weighted by atomic mass is 10.1. The van der Waals surface area contributed by atoms with Crippen molar-refractivity contribution in [2.45, 2.75) is 33.4 Å². The maximum Gasteiger partial charge on any atom is 0.243 e. The summed E-state index contributed by atoms with van der Waals surface area (Å²) < 4.78 is 0. The Balaban J connectivity index is 1.87. The number of rotatable bonds is 7. The van der Waals surface area contributed by atoms with Crippen LogP contribution in [-0.4, -0.2) is 36.3 Å². The van der Waals surface area contributed by atoms with Crippen LogP contribution in [0.4, 0.5) is 5.69 Å². The van der Waals surface area contributed by atoms with E-state index in [2.05, 4.69) is 10.6 Å². The second-order valence-corrected chi connectivity index (χ2v) is 7.12. The molecular formula is C21H26ClN3O2. The number of aryl methyl sites for hydroxylation is 2. The monoisotopic (exact) mass is 387 g/mol. The minimum absolute atomic E-state index is 0.0725. The smallest absolute Gasteiger partial charge is 0.243 e. The van der Waals surface area contributed by atoms with E-state index in [9.17, 15) is 9.59 Å². The third-order valence-corrected chi connectivity index (χ3v) is 4.96. The summed E-state index contributed by atoms with van der Waals surface area (Å²) in [5.41, 5.74) is 3.72. The third-order valence-electron chi connectivity index (χ3n) is 4.59. The number of halogens is 1. The minimum Gasteiger partial charge on any atom is -0.346 e. The standard InChI is InChI=1S/C21H26ClN3O2/c1-14-8-7-9-15(2)20(14)24-19(26)12-23-21(27)16(3)25(4)13-17-10-5-6-11-18(17)22/h5-11,16H,12-13H2,1-4H3,(H,23,27)(H,24,26)/t16-/m0/s1. The Morgan fingerprint density at radius 3 is 2.33 bits per heavy atom. The molecule has 0 bridgehead atoms. The first kappa shape index (κ1) is 20.9. The molecule has 0 saturated carbocycles. The van der Waals surface area contributed by atoms with Crippen molar-refractivity contribution in [3.05, 3.63) is 64.2 Å². The minimum atomic E-state index is -0.394. The largest absolute Gasteiger partial charge is 0.346 e. The molecule has 0 fully saturated rings. The van der Waals surface area contributed by atoms with E-state index >= 15 is 0 Å². The molecule has 0 unspecified atom stereocenters. The van der Waals surface area contributed by atoms with E-state index in [1.807, 2.05) is 68.3 Å². The molecule has 2 amide bonds. The Morgan fingerprint density at radius 1 is 1.07 bits per heavy atom. The molecule has 0 aliphatic rings. The number of carbonyl (C=O) groups excluding carboxylic acids is 2. The van der Waals surface area contributed by atoms with Crippen molar-refractivity contribution in [1.82, 2.24) is 10.2 Å². The average molecular weight is 388 g/mol. The Kier molecular flexibility index (Phi) is 7.39. The Hall–Kier alpha value is -2.37. The van der Waals surface area contributed by atoms with Gasteiger partial charge in [-0.15, -0.1) is 0 Å².